The third-order valence-electron chi connectivity index (χ3n) is 1.40. The molecular formula is C8H8IO5P. The molecule has 0 atom stereocenters. The summed E-state index contributed by atoms with van der Waals surface area (Å²) in [5.74, 6) is -0.226. The molecule has 0 radical (unpaired) electrons. The van der Waals surface area contributed by atoms with E-state index < -0.39 is 14.7 Å². The fraction of sp³-hybridized carbons (Fsp3) is 0.125. The van der Waals surface area contributed by atoms with Crippen molar-refractivity contribution < 1.29 is 24.1 Å². The molecule has 0 bridgehead atoms. The van der Waals surface area contributed by atoms with Gasteiger partial charge in [-0.25, -0.2) is 9.36 Å². The second kappa shape index (κ2) is 7.56. The lowest BCUT2D eigenvalue weighted by atomic mass is 10.2. The Labute approximate surface area is 101 Å². The molecule has 0 aliphatic carbocycles. The maximum atomic E-state index is 10.5. The van der Waals surface area contributed by atoms with Crippen molar-refractivity contribution in [2.45, 2.75) is 0 Å². The Morgan fingerprint density at radius 3 is 2.40 bits per heavy atom. The molecule has 0 spiro atoms. The number of hydrogen-bond donors (Lipinski definition) is 2. The summed E-state index contributed by atoms with van der Waals surface area (Å²) in [6.45, 7) is 0. The van der Waals surface area contributed by atoms with Crippen molar-refractivity contribution >= 4 is 37.2 Å². The lowest BCUT2D eigenvalue weighted by Crippen LogP contribution is -1.97. The van der Waals surface area contributed by atoms with E-state index in [1.807, 2.05) is 22.6 Å². The number of carbonyl (C=O) groups is 1. The molecule has 0 saturated carbocycles. The third kappa shape index (κ3) is 5.06. The van der Waals surface area contributed by atoms with Crippen molar-refractivity contribution in [2.75, 3.05) is 7.11 Å². The SMILES string of the molecule is COc1ccc(C(=O)O)cc1I.O=PO. The Balaban J connectivity index is 0.000000583. The summed E-state index contributed by atoms with van der Waals surface area (Å²) in [6, 6.07) is 4.73. The number of methoxy groups -OCH3 is 1. The van der Waals surface area contributed by atoms with Crippen molar-refractivity contribution in [2.24, 2.45) is 0 Å². The highest BCUT2D eigenvalue weighted by Crippen LogP contribution is 2.21. The predicted molar refractivity (Wildman–Crippen MR) is 62.5 cm³/mol. The monoisotopic (exact) mass is 342 g/mol. The first kappa shape index (κ1) is 14.3. The Morgan fingerprint density at radius 2 is 2.07 bits per heavy atom. The van der Waals surface area contributed by atoms with Crippen LogP contribution in [0.15, 0.2) is 18.2 Å². The first-order chi connectivity index (χ1) is 7.06. The van der Waals surface area contributed by atoms with Crippen molar-refractivity contribution in [1.82, 2.24) is 0 Å². The van der Waals surface area contributed by atoms with Crippen molar-refractivity contribution in [3.05, 3.63) is 27.3 Å². The number of halogens is 1. The van der Waals surface area contributed by atoms with Gasteiger partial charge in [-0.3, -0.25) is 0 Å². The average Bonchev–Trinajstić information content (AvgIpc) is 2.18. The number of hydrogen-bond acceptors (Lipinski definition) is 3. The van der Waals surface area contributed by atoms with Crippen LogP contribution >= 0.6 is 31.3 Å². The normalized spacial score (nSPS) is 9.00. The van der Waals surface area contributed by atoms with Gasteiger partial charge in [-0.05, 0) is 40.8 Å². The van der Waals surface area contributed by atoms with E-state index in [-0.39, 0.29) is 5.56 Å². The maximum Gasteiger partial charge on any atom is 0.335 e. The second-order valence-corrected chi connectivity index (χ2v) is 3.56. The lowest BCUT2D eigenvalue weighted by Gasteiger charge is -2.02. The quantitative estimate of drug-likeness (QED) is 0.636. The van der Waals surface area contributed by atoms with Crippen LogP contribution in [0.5, 0.6) is 5.75 Å². The highest BCUT2D eigenvalue weighted by atomic mass is 127. The van der Waals surface area contributed by atoms with Gasteiger partial charge in [-0.15, -0.1) is 0 Å². The summed E-state index contributed by atoms with van der Waals surface area (Å²) in [5, 5.41) is 8.63. The number of rotatable bonds is 2. The van der Waals surface area contributed by atoms with Crippen LogP contribution in [0.3, 0.4) is 0 Å². The molecular weight excluding hydrogens is 334 g/mol. The third-order valence-corrected chi connectivity index (χ3v) is 2.24. The van der Waals surface area contributed by atoms with Crippen LogP contribution < -0.4 is 4.74 Å². The molecule has 1 aromatic rings. The number of benzene rings is 1. The number of ether oxygens (including phenoxy) is 1. The number of carboxylic acid groups (broad SMARTS) is 1. The maximum absolute atomic E-state index is 10.5. The largest absolute Gasteiger partial charge is 0.496 e. The molecule has 0 saturated heterocycles. The number of carboxylic acids is 1. The first-order valence-corrected chi connectivity index (χ1v) is 5.44. The molecule has 0 aliphatic heterocycles. The van der Waals surface area contributed by atoms with Gasteiger partial charge in [0.05, 0.1) is 16.2 Å². The molecule has 0 amide bonds. The Bertz CT molecular complexity index is 355. The van der Waals surface area contributed by atoms with Gasteiger partial charge in [0.1, 0.15) is 5.75 Å². The van der Waals surface area contributed by atoms with Gasteiger partial charge < -0.3 is 14.7 Å². The van der Waals surface area contributed by atoms with Crippen LogP contribution in [-0.4, -0.2) is 23.1 Å². The summed E-state index contributed by atoms with van der Waals surface area (Å²) in [6.07, 6.45) is 0. The van der Waals surface area contributed by atoms with Crippen LogP contribution in [0.25, 0.3) is 0 Å². The summed E-state index contributed by atoms with van der Waals surface area (Å²) in [5.41, 5.74) is 0.278. The van der Waals surface area contributed by atoms with E-state index >= 15 is 0 Å². The Morgan fingerprint density at radius 1 is 1.53 bits per heavy atom. The standard InChI is InChI=1S/C8H7IO3.HO2P/c1-12-7-3-2-5(8(10)11)4-6(7)9;1-3-2/h2-4H,1H3,(H,10,11);(H,1,2). The molecule has 0 aromatic heterocycles. The minimum Gasteiger partial charge on any atom is -0.496 e. The Kier molecular flexibility index (Phi) is 7.19. The van der Waals surface area contributed by atoms with Crippen LogP contribution in [0.4, 0.5) is 0 Å². The van der Waals surface area contributed by atoms with Crippen LogP contribution in [0, 0.1) is 3.57 Å². The molecule has 1 rings (SSSR count). The highest BCUT2D eigenvalue weighted by Gasteiger charge is 2.05. The fourth-order valence-electron chi connectivity index (χ4n) is 0.799. The van der Waals surface area contributed by atoms with E-state index in [9.17, 15) is 4.79 Å². The molecule has 7 heteroatoms. The van der Waals surface area contributed by atoms with Gasteiger partial charge in [-0.1, -0.05) is 0 Å². The van der Waals surface area contributed by atoms with E-state index in [2.05, 4.69) is 0 Å². The Hall–Kier alpha value is -0.720. The second-order valence-electron chi connectivity index (χ2n) is 2.24. The van der Waals surface area contributed by atoms with E-state index in [0.717, 1.165) is 3.57 Å². The van der Waals surface area contributed by atoms with E-state index in [0.29, 0.717) is 5.75 Å². The summed E-state index contributed by atoms with van der Waals surface area (Å²) in [4.78, 5) is 17.5. The highest BCUT2D eigenvalue weighted by molar-refractivity contribution is 14.1. The molecule has 5 nitrogen and oxygen atoms in total. The molecule has 15 heavy (non-hydrogen) atoms. The van der Waals surface area contributed by atoms with Crippen molar-refractivity contribution in [1.29, 1.82) is 0 Å². The van der Waals surface area contributed by atoms with Gasteiger partial charge in [0.25, 0.3) is 0 Å². The van der Waals surface area contributed by atoms with Gasteiger partial charge in [0.2, 0.25) is 0 Å². The van der Waals surface area contributed by atoms with Crippen molar-refractivity contribution in [3.63, 3.8) is 0 Å². The minimum absolute atomic E-state index is 0.278. The lowest BCUT2D eigenvalue weighted by molar-refractivity contribution is 0.0696. The summed E-state index contributed by atoms with van der Waals surface area (Å²) >= 11 is 2.03. The summed E-state index contributed by atoms with van der Waals surface area (Å²) < 4.78 is 14.2. The van der Waals surface area contributed by atoms with Gasteiger partial charge in [0.15, 0.2) is 0 Å². The van der Waals surface area contributed by atoms with E-state index in [1.165, 1.54) is 6.07 Å². The van der Waals surface area contributed by atoms with Crippen LogP contribution in [0.2, 0.25) is 0 Å². The molecule has 0 aliphatic rings. The number of aromatic carboxylic acids is 1. The van der Waals surface area contributed by atoms with Crippen LogP contribution in [-0.2, 0) is 4.57 Å². The zero-order valence-electron chi connectivity index (χ0n) is 7.68. The van der Waals surface area contributed by atoms with Gasteiger partial charge in [0, 0.05) is 0 Å². The average molecular weight is 342 g/mol. The predicted octanol–water partition coefficient (Wildman–Crippen LogP) is 2.18. The zero-order valence-corrected chi connectivity index (χ0v) is 10.7. The van der Waals surface area contributed by atoms with E-state index in [1.54, 1.807) is 19.2 Å². The van der Waals surface area contributed by atoms with Crippen LogP contribution in [0.1, 0.15) is 10.4 Å². The minimum atomic E-state index is -0.921. The van der Waals surface area contributed by atoms with E-state index in [4.69, 9.17) is 19.3 Å². The molecule has 0 heterocycles. The zero-order chi connectivity index (χ0) is 11.8. The fourth-order valence-corrected chi connectivity index (χ4v) is 1.53. The smallest absolute Gasteiger partial charge is 0.335 e. The van der Waals surface area contributed by atoms with Crippen molar-refractivity contribution in [3.8, 4) is 5.75 Å². The molecule has 0 unspecified atom stereocenters. The van der Waals surface area contributed by atoms with Gasteiger partial charge >= 0.3 is 14.7 Å². The molecule has 2 N–H and O–H groups in total. The molecule has 82 valence electrons. The molecule has 0 fully saturated rings. The topological polar surface area (TPSA) is 83.8 Å². The first-order valence-electron chi connectivity index (χ1n) is 3.60. The van der Waals surface area contributed by atoms with Gasteiger partial charge in [-0.2, -0.15) is 0 Å². The summed E-state index contributed by atoms with van der Waals surface area (Å²) in [7, 11) is 0.720. The molecule has 1 aromatic carbocycles.